The number of phenols is 1. The van der Waals surface area contributed by atoms with Crippen LogP contribution in [-0.2, 0) is 17.6 Å². The van der Waals surface area contributed by atoms with Gasteiger partial charge in [0.05, 0.1) is 0 Å². The number of benzene rings is 1. The lowest BCUT2D eigenvalue weighted by molar-refractivity contribution is -0.138. The van der Waals surface area contributed by atoms with Gasteiger partial charge in [-0.3, -0.25) is 4.79 Å². The molecule has 1 aromatic carbocycles. The average Bonchev–Trinajstić information content (AvgIpc) is 2.26. The topological polar surface area (TPSA) is 83.5 Å². The summed E-state index contributed by atoms with van der Waals surface area (Å²) in [5.74, 6) is -0.746. The Labute approximate surface area is 101 Å². The molecule has 0 aromatic heterocycles. The highest BCUT2D eigenvalue weighted by atomic mass is 16.4. The van der Waals surface area contributed by atoms with Crippen LogP contribution in [0.2, 0.25) is 0 Å². The molecule has 4 N–H and O–H groups in total. The third kappa shape index (κ3) is 2.77. The second-order valence-electron chi connectivity index (χ2n) is 4.30. The summed E-state index contributed by atoms with van der Waals surface area (Å²) < 4.78 is 0. The summed E-state index contributed by atoms with van der Waals surface area (Å²) in [6.45, 7) is 5.68. The first-order valence-electron chi connectivity index (χ1n) is 5.67. The summed E-state index contributed by atoms with van der Waals surface area (Å²) in [5, 5.41) is 18.6. The molecule has 0 heterocycles. The van der Waals surface area contributed by atoms with Gasteiger partial charge in [-0.05, 0) is 55.0 Å². The van der Waals surface area contributed by atoms with Gasteiger partial charge < -0.3 is 15.9 Å². The molecule has 0 radical (unpaired) electrons. The number of carboxylic acid groups (broad SMARTS) is 1. The molecular weight excluding hydrogens is 218 g/mol. The normalized spacial score (nSPS) is 12.5. The molecule has 1 atom stereocenters. The lowest BCUT2D eigenvalue weighted by Gasteiger charge is -2.17. The second kappa shape index (κ2) is 5.19. The van der Waals surface area contributed by atoms with Crippen molar-refractivity contribution in [3.63, 3.8) is 0 Å². The fraction of sp³-hybridized carbons (Fsp3) is 0.462. The molecule has 4 heteroatoms. The van der Waals surface area contributed by atoms with Crippen LogP contribution in [0.5, 0.6) is 5.75 Å². The van der Waals surface area contributed by atoms with Gasteiger partial charge in [0.15, 0.2) is 0 Å². The maximum Gasteiger partial charge on any atom is 0.320 e. The van der Waals surface area contributed by atoms with Crippen molar-refractivity contribution in [2.75, 3.05) is 0 Å². The zero-order valence-corrected chi connectivity index (χ0v) is 10.4. The first-order chi connectivity index (χ1) is 7.88. The Morgan fingerprint density at radius 2 is 2.00 bits per heavy atom. The maximum absolute atomic E-state index is 10.8. The predicted molar refractivity (Wildman–Crippen MR) is 66.3 cm³/mol. The first-order valence-corrected chi connectivity index (χ1v) is 5.67. The van der Waals surface area contributed by atoms with Gasteiger partial charge >= 0.3 is 5.97 Å². The highest BCUT2D eigenvalue weighted by Crippen LogP contribution is 2.28. The van der Waals surface area contributed by atoms with E-state index in [9.17, 15) is 9.90 Å². The standard InChI is InChI=1S/C13H19NO3/c1-4-9-8(3)12(15)5-7(2)10(9)6-11(14)13(16)17/h5,11,15H,4,6,14H2,1-3H3,(H,16,17)/t11-/m0/s1. The van der Waals surface area contributed by atoms with Crippen molar-refractivity contribution in [3.05, 3.63) is 28.3 Å². The average molecular weight is 237 g/mol. The zero-order chi connectivity index (χ0) is 13.2. The molecule has 1 rings (SSSR count). The Bertz CT molecular complexity index is 441. The minimum Gasteiger partial charge on any atom is -0.508 e. The predicted octanol–water partition coefficient (Wildman–Crippen LogP) is 1.53. The van der Waals surface area contributed by atoms with E-state index in [1.807, 2.05) is 20.8 Å². The smallest absolute Gasteiger partial charge is 0.320 e. The molecule has 0 aliphatic heterocycles. The summed E-state index contributed by atoms with van der Waals surface area (Å²) in [7, 11) is 0. The lowest BCUT2D eigenvalue weighted by Crippen LogP contribution is -2.33. The molecule has 94 valence electrons. The van der Waals surface area contributed by atoms with Crippen LogP contribution in [0.15, 0.2) is 6.07 Å². The fourth-order valence-corrected chi connectivity index (χ4v) is 2.09. The van der Waals surface area contributed by atoms with Crippen molar-refractivity contribution in [1.29, 1.82) is 0 Å². The van der Waals surface area contributed by atoms with Gasteiger partial charge in [0.1, 0.15) is 11.8 Å². The van der Waals surface area contributed by atoms with Crippen LogP contribution < -0.4 is 5.73 Å². The van der Waals surface area contributed by atoms with E-state index >= 15 is 0 Å². The number of aromatic hydroxyl groups is 1. The monoisotopic (exact) mass is 237 g/mol. The molecular formula is C13H19NO3. The van der Waals surface area contributed by atoms with E-state index < -0.39 is 12.0 Å². The molecule has 4 nitrogen and oxygen atoms in total. The third-order valence-corrected chi connectivity index (χ3v) is 3.13. The molecule has 0 fully saturated rings. The first kappa shape index (κ1) is 13.5. The van der Waals surface area contributed by atoms with E-state index in [1.54, 1.807) is 6.07 Å². The van der Waals surface area contributed by atoms with E-state index in [2.05, 4.69) is 0 Å². The maximum atomic E-state index is 10.8. The summed E-state index contributed by atoms with van der Waals surface area (Å²) in [6, 6.07) is 0.765. The highest BCUT2D eigenvalue weighted by Gasteiger charge is 2.18. The second-order valence-corrected chi connectivity index (χ2v) is 4.30. The Kier molecular flexibility index (Phi) is 4.12. The Balaban J connectivity index is 3.22. The van der Waals surface area contributed by atoms with Crippen LogP contribution in [0, 0.1) is 13.8 Å². The van der Waals surface area contributed by atoms with Gasteiger partial charge in [0, 0.05) is 0 Å². The van der Waals surface area contributed by atoms with Crippen molar-refractivity contribution in [2.45, 2.75) is 39.7 Å². The van der Waals surface area contributed by atoms with E-state index in [0.717, 1.165) is 28.7 Å². The molecule has 17 heavy (non-hydrogen) atoms. The van der Waals surface area contributed by atoms with Gasteiger partial charge in [0.2, 0.25) is 0 Å². The van der Waals surface area contributed by atoms with Crippen molar-refractivity contribution >= 4 is 5.97 Å². The van der Waals surface area contributed by atoms with Gasteiger partial charge in [-0.1, -0.05) is 6.92 Å². The van der Waals surface area contributed by atoms with Gasteiger partial charge in [-0.25, -0.2) is 0 Å². The molecule has 0 amide bonds. The molecule has 0 spiro atoms. The van der Waals surface area contributed by atoms with E-state index in [1.165, 1.54) is 0 Å². The number of rotatable bonds is 4. The minimum atomic E-state index is -1.00. The number of phenolic OH excluding ortho intramolecular Hbond substituents is 1. The summed E-state index contributed by atoms with van der Waals surface area (Å²) >= 11 is 0. The lowest BCUT2D eigenvalue weighted by atomic mass is 9.90. The number of hydrogen-bond acceptors (Lipinski definition) is 3. The molecule has 1 aromatic rings. The van der Waals surface area contributed by atoms with Crippen LogP contribution >= 0.6 is 0 Å². The van der Waals surface area contributed by atoms with Gasteiger partial charge in [-0.2, -0.15) is 0 Å². The minimum absolute atomic E-state index is 0.256. The number of aryl methyl sites for hydroxylation is 1. The van der Waals surface area contributed by atoms with Crippen LogP contribution in [0.3, 0.4) is 0 Å². The number of aliphatic carboxylic acids is 1. The molecule has 0 saturated heterocycles. The number of carbonyl (C=O) groups is 1. The van der Waals surface area contributed by atoms with Crippen molar-refractivity contribution in [1.82, 2.24) is 0 Å². The number of hydrogen-bond donors (Lipinski definition) is 3. The molecule has 0 aliphatic rings. The molecule has 0 bridgehead atoms. The van der Waals surface area contributed by atoms with E-state index in [4.69, 9.17) is 10.8 Å². The zero-order valence-electron chi connectivity index (χ0n) is 10.4. The van der Waals surface area contributed by atoms with E-state index in [0.29, 0.717) is 6.42 Å². The number of carboxylic acids is 1. The van der Waals surface area contributed by atoms with Crippen LogP contribution in [0.4, 0.5) is 0 Å². The van der Waals surface area contributed by atoms with Crippen molar-refractivity contribution < 1.29 is 15.0 Å². The Morgan fingerprint density at radius 3 is 2.47 bits per heavy atom. The van der Waals surface area contributed by atoms with Crippen molar-refractivity contribution in [2.24, 2.45) is 5.73 Å². The van der Waals surface area contributed by atoms with Crippen LogP contribution in [0.1, 0.15) is 29.2 Å². The number of nitrogens with two attached hydrogens (primary N) is 1. The Hall–Kier alpha value is -1.55. The van der Waals surface area contributed by atoms with Gasteiger partial charge in [-0.15, -0.1) is 0 Å². The summed E-state index contributed by atoms with van der Waals surface area (Å²) in [5.41, 5.74) is 9.21. The quantitative estimate of drug-likeness (QED) is 0.741. The SMILES string of the molecule is CCc1c(C)c(O)cc(C)c1C[C@H](N)C(=O)O. The molecule has 0 aliphatic carbocycles. The Morgan fingerprint density at radius 1 is 1.41 bits per heavy atom. The van der Waals surface area contributed by atoms with Crippen LogP contribution in [0.25, 0.3) is 0 Å². The van der Waals surface area contributed by atoms with Crippen LogP contribution in [-0.4, -0.2) is 22.2 Å². The van der Waals surface area contributed by atoms with Crippen molar-refractivity contribution in [3.8, 4) is 5.75 Å². The highest BCUT2D eigenvalue weighted by molar-refractivity contribution is 5.73. The summed E-state index contributed by atoms with van der Waals surface area (Å²) in [4.78, 5) is 10.8. The third-order valence-electron chi connectivity index (χ3n) is 3.13. The molecule has 0 unspecified atom stereocenters. The summed E-state index contributed by atoms with van der Waals surface area (Å²) in [6.07, 6.45) is 1.05. The van der Waals surface area contributed by atoms with E-state index in [-0.39, 0.29) is 5.75 Å². The molecule has 0 saturated carbocycles. The largest absolute Gasteiger partial charge is 0.508 e. The fourth-order valence-electron chi connectivity index (χ4n) is 2.09. The van der Waals surface area contributed by atoms with Gasteiger partial charge in [0.25, 0.3) is 0 Å².